The fourth-order valence-corrected chi connectivity index (χ4v) is 4.29. The Morgan fingerprint density at radius 2 is 1.82 bits per heavy atom. The van der Waals surface area contributed by atoms with Crippen molar-refractivity contribution in [3.63, 3.8) is 0 Å². The molecule has 152 valence electrons. The van der Waals surface area contributed by atoms with E-state index in [0.29, 0.717) is 16.5 Å². The number of hydrogen-bond donors (Lipinski definition) is 1. The van der Waals surface area contributed by atoms with Gasteiger partial charge in [0.15, 0.2) is 0 Å². The number of anilines is 2. The molecule has 0 aliphatic heterocycles. The van der Waals surface area contributed by atoms with Crippen molar-refractivity contribution in [2.45, 2.75) is 32.7 Å². The van der Waals surface area contributed by atoms with Crippen LogP contribution in [-0.2, 0) is 21.2 Å². The predicted molar refractivity (Wildman–Crippen MR) is 114 cm³/mol. The maximum Gasteiger partial charge on any atom is 0.248 e. The molecule has 0 saturated heterocycles. The molecule has 1 N–H and O–H groups in total. The van der Waals surface area contributed by atoms with E-state index < -0.39 is 22.0 Å². The summed E-state index contributed by atoms with van der Waals surface area (Å²) in [6.07, 6.45) is 2.21. The minimum Gasteiger partial charge on any atom is -0.495 e. The molecule has 8 heteroatoms. The van der Waals surface area contributed by atoms with E-state index in [4.69, 9.17) is 16.3 Å². The van der Waals surface area contributed by atoms with Gasteiger partial charge in [0, 0.05) is 10.7 Å². The molecule has 0 spiro atoms. The molecule has 0 heterocycles. The molecule has 6 nitrogen and oxygen atoms in total. The van der Waals surface area contributed by atoms with Crippen LogP contribution in [0.5, 0.6) is 5.75 Å². The smallest absolute Gasteiger partial charge is 0.248 e. The number of ether oxygens (including phenoxy) is 1. The van der Waals surface area contributed by atoms with Crippen LogP contribution < -0.4 is 14.4 Å². The number of benzene rings is 2. The van der Waals surface area contributed by atoms with E-state index in [1.807, 2.05) is 19.1 Å². The normalized spacial score (nSPS) is 12.3. The molecule has 0 unspecified atom stereocenters. The first-order chi connectivity index (χ1) is 13.2. The Labute approximate surface area is 171 Å². The maximum atomic E-state index is 13.0. The number of rotatable bonds is 8. The van der Waals surface area contributed by atoms with Crippen molar-refractivity contribution in [3.8, 4) is 5.75 Å². The monoisotopic (exact) mass is 424 g/mol. The lowest BCUT2D eigenvalue weighted by atomic mass is 10.1. The van der Waals surface area contributed by atoms with Crippen LogP contribution in [0.1, 0.15) is 25.8 Å². The Hall–Kier alpha value is -2.25. The highest BCUT2D eigenvalue weighted by molar-refractivity contribution is 7.92. The van der Waals surface area contributed by atoms with Crippen LogP contribution in [-0.4, -0.2) is 33.7 Å². The quantitative estimate of drug-likeness (QED) is 0.692. The van der Waals surface area contributed by atoms with Gasteiger partial charge in [0.1, 0.15) is 11.8 Å². The summed E-state index contributed by atoms with van der Waals surface area (Å²) in [5, 5.41) is 3.14. The summed E-state index contributed by atoms with van der Waals surface area (Å²) in [5.74, 6) is -0.118. The molecule has 0 aliphatic carbocycles. The van der Waals surface area contributed by atoms with Gasteiger partial charge in [0.25, 0.3) is 0 Å². The van der Waals surface area contributed by atoms with Crippen molar-refractivity contribution in [1.29, 1.82) is 0 Å². The van der Waals surface area contributed by atoms with Crippen molar-refractivity contribution in [2.75, 3.05) is 23.0 Å². The minimum atomic E-state index is -3.79. The zero-order valence-corrected chi connectivity index (χ0v) is 18.0. The molecular formula is C20H25ClN2O4S. The van der Waals surface area contributed by atoms with Gasteiger partial charge in [-0.25, -0.2) is 8.42 Å². The molecule has 2 aromatic rings. The molecule has 1 amide bonds. The maximum absolute atomic E-state index is 13.0. The van der Waals surface area contributed by atoms with Gasteiger partial charge in [0.2, 0.25) is 15.9 Å². The van der Waals surface area contributed by atoms with Crippen LogP contribution in [0.3, 0.4) is 0 Å². The van der Waals surface area contributed by atoms with Gasteiger partial charge in [0.05, 0.1) is 19.1 Å². The van der Waals surface area contributed by atoms with Crippen LogP contribution in [0.2, 0.25) is 5.02 Å². The molecular weight excluding hydrogens is 400 g/mol. The third kappa shape index (κ3) is 5.17. The topological polar surface area (TPSA) is 75.7 Å². The van der Waals surface area contributed by atoms with Gasteiger partial charge in [-0.2, -0.15) is 0 Å². The summed E-state index contributed by atoms with van der Waals surface area (Å²) in [6.45, 7) is 3.79. The average Bonchev–Trinajstić information content (AvgIpc) is 2.65. The zero-order chi connectivity index (χ0) is 20.9. The summed E-state index contributed by atoms with van der Waals surface area (Å²) in [7, 11) is -2.36. The average molecular weight is 425 g/mol. The number of carbonyl (C=O) groups excluding carboxylic acids is 1. The summed E-state index contributed by atoms with van der Waals surface area (Å²) in [4.78, 5) is 13.0. The van der Waals surface area contributed by atoms with E-state index >= 15 is 0 Å². The molecule has 0 saturated carbocycles. The minimum absolute atomic E-state index is 0.223. The van der Waals surface area contributed by atoms with Crippen LogP contribution in [0, 0.1) is 0 Å². The van der Waals surface area contributed by atoms with Crippen LogP contribution in [0.4, 0.5) is 11.4 Å². The van der Waals surface area contributed by atoms with E-state index in [-0.39, 0.29) is 12.1 Å². The molecule has 0 aliphatic rings. The molecule has 28 heavy (non-hydrogen) atoms. The molecule has 1 atom stereocenters. The first-order valence-corrected chi connectivity index (χ1v) is 11.2. The fourth-order valence-electron chi connectivity index (χ4n) is 2.92. The van der Waals surface area contributed by atoms with Crippen molar-refractivity contribution in [3.05, 3.63) is 53.1 Å². The first-order valence-electron chi connectivity index (χ1n) is 8.94. The standard InChI is InChI=1S/C20H25ClN2O4S/c1-5-14-7-10-16(11-8-14)22-20(24)17(6-2)23(28(4,25)26)18-13-15(21)9-12-19(18)27-3/h7-13,17H,5-6H2,1-4H3,(H,22,24)/t17-/m1/s1. The SMILES string of the molecule is CCc1ccc(NC(=O)[C@@H](CC)N(c2cc(Cl)ccc2OC)S(C)(=O)=O)cc1. The van der Waals surface area contributed by atoms with E-state index in [0.717, 1.165) is 22.5 Å². The second-order valence-corrected chi connectivity index (χ2v) is 8.63. The van der Waals surface area contributed by atoms with Crippen LogP contribution >= 0.6 is 11.6 Å². The number of sulfonamides is 1. The molecule has 0 fully saturated rings. The Bertz CT molecular complexity index is 930. The summed E-state index contributed by atoms with van der Waals surface area (Å²) in [6, 6.07) is 11.1. The van der Waals surface area contributed by atoms with Gasteiger partial charge < -0.3 is 10.1 Å². The van der Waals surface area contributed by atoms with E-state index in [9.17, 15) is 13.2 Å². The number of nitrogens with one attached hydrogen (secondary N) is 1. The Balaban J connectivity index is 2.43. The third-order valence-corrected chi connectivity index (χ3v) is 5.74. The van der Waals surface area contributed by atoms with Gasteiger partial charge in [-0.1, -0.05) is 37.6 Å². The molecule has 2 rings (SSSR count). The Morgan fingerprint density at radius 3 is 2.32 bits per heavy atom. The largest absolute Gasteiger partial charge is 0.495 e. The van der Waals surface area contributed by atoms with E-state index in [1.165, 1.54) is 13.2 Å². The predicted octanol–water partition coefficient (Wildman–Crippen LogP) is 4.09. The zero-order valence-electron chi connectivity index (χ0n) is 16.4. The third-order valence-electron chi connectivity index (χ3n) is 4.34. The summed E-state index contributed by atoms with van der Waals surface area (Å²) >= 11 is 6.08. The number of halogens is 1. The molecule has 0 bridgehead atoms. The lowest BCUT2D eigenvalue weighted by molar-refractivity contribution is -0.117. The summed E-state index contributed by atoms with van der Waals surface area (Å²) < 4.78 is 31.6. The molecule has 0 aromatic heterocycles. The van der Waals surface area contributed by atoms with Gasteiger partial charge in [-0.15, -0.1) is 0 Å². The number of methoxy groups -OCH3 is 1. The lowest BCUT2D eigenvalue weighted by Crippen LogP contribution is -2.47. The number of amides is 1. The van der Waals surface area contributed by atoms with Gasteiger partial charge >= 0.3 is 0 Å². The molecule has 0 radical (unpaired) electrons. The first kappa shape index (κ1) is 22.0. The lowest BCUT2D eigenvalue weighted by Gasteiger charge is -2.31. The number of nitrogens with zero attached hydrogens (tertiary/aromatic N) is 1. The number of hydrogen-bond acceptors (Lipinski definition) is 4. The van der Waals surface area contributed by atoms with E-state index in [2.05, 4.69) is 5.32 Å². The second kappa shape index (κ2) is 9.30. The number of carbonyl (C=O) groups is 1. The molecule has 2 aromatic carbocycles. The number of aryl methyl sites for hydroxylation is 1. The van der Waals surface area contributed by atoms with E-state index in [1.54, 1.807) is 31.2 Å². The highest BCUT2D eigenvalue weighted by Crippen LogP contribution is 2.35. The Kier molecular flexibility index (Phi) is 7.32. The highest BCUT2D eigenvalue weighted by atomic mass is 35.5. The highest BCUT2D eigenvalue weighted by Gasteiger charge is 2.33. The summed E-state index contributed by atoms with van der Waals surface area (Å²) in [5.41, 5.74) is 1.97. The van der Waals surface area contributed by atoms with Crippen LogP contribution in [0.15, 0.2) is 42.5 Å². The van der Waals surface area contributed by atoms with Crippen molar-refractivity contribution in [1.82, 2.24) is 0 Å². The van der Waals surface area contributed by atoms with Crippen LogP contribution in [0.25, 0.3) is 0 Å². The van der Waals surface area contributed by atoms with Gasteiger partial charge in [-0.05, 0) is 48.7 Å². The van der Waals surface area contributed by atoms with Crippen molar-refractivity contribution < 1.29 is 17.9 Å². The van der Waals surface area contributed by atoms with Gasteiger partial charge in [-0.3, -0.25) is 9.10 Å². The Morgan fingerprint density at radius 1 is 1.18 bits per heavy atom. The van der Waals surface area contributed by atoms with Crippen molar-refractivity contribution >= 4 is 38.9 Å². The second-order valence-electron chi connectivity index (χ2n) is 6.34. The fraction of sp³-hybridized carbons (Fsp3) is 0.350. The van der Waals surface area contributed by atoms with Crippen molar-refractivity contribution in [2.24, 2.45) is 0 Å².